The Hall–Kier alpha value is -3.82. The van der Waals surface area contributed by atoms with Gasteiger partial charge in [-0.15, -0.1) is 0 Å². The van der Waals surface area contributed by atoms with Crippen LogP contribution in [0.3, 0.4) is 0 Å². The molecule has 0 saturated heterocycles. The third kappa shape index (κ3) is 4.87. The number of carbonyl (C=O) groups is 3. The predicted octanol–water partition coefficient (Wildman–Crippen LogP) is 2.89. The lowest BCUT2D eigenvalue weighted by molar-refractivity contribution is -0.149. The quantitative estimate of drug-likeness (QED) is 0.354. The zero-order chi connectivity index (χ0) is 25.2. The van der Waals surface area contributed by atoms with E-state index in [1.165, 1.54) is 26.2 Å². The number of benzene rings is 3. The summed E-state index contributed by atoms with van der Waals surface area (Å²) in [6, 6.07) is 20.4. The van der Waals surface area contributed by atoms with Gasteiger partial charge in [0.15, 0.2) is 0 Å². The summed E-state index contributed by atoms with van der Waals surface area (Å²) < 4.78 is 31.4. The lowest BCUT2D eigenvalue weighted by Gasteiger charge is -2.25. The molecule has 180 valence electrons. The molecule has 1 aliphatic rings. The first-order chi connectivity index (χ1) is 16.7. The van der Waals surface area contributed by atoms with E-state index in [0.717, 1.165) is 14.8 Å². The number of nitrogens with zero attached hydrogens (tertiary/aromatic N) is 2. The molecular formula is C26H24N2O6S. The molecule has 0 spiro atoms. The number of hydrogen-bond donors (Lipinski definition) is 0. The Kier molecular flexibility index (Phi) is 6.81. The number of rotatable bonds is 8. The van der Waals surface area contributed by atoms with Gasteiger partial charge in [0, 0.05) is 20.5 Å². The van der Waals surface area contributed by atoms with Crippen molar-refractivity contribution in [3.63, 3.8) is 0 Å². The highest BCUT2D eigenvalue weighted by Crippen LogP contribution is 2.27. The first kappa shape index (κ1) is 24.3. The summed E-state index contributed by atoms with van der Waals surface area (Å²) in [5, 5.41) is 0. The molecule has 35 heavy (non-hydrogen) atoms. The van der Waals surface area contributed by atoms with Crippen molar-refractivity contribution in [1.29, 1.82) is 0 Å². The van der Waals surface area contributed by atoms with Gasteiger partial charge in [-0.25, -0.2) is 17.5 Å². The van der Waals surface area contributed by atoms with E-state index >= 15 is 0 Å². The van der Waals surface area contributed by atoms with Crippen LogP contribution in [-0.2, 0) is 32.6 Å². The molecule has 0 unspecified atom stereocenters. The van der Waals surface area contributed by atoms with E-state index in [9.17, 15) is 22.8 Å². The van der Waals surface area contributed by atoms with Crippen molar-refractivity contribution in [2.45, 2.75) is 24.0 Å². The molecule has 1 atom stereocenters. The minimum atomic E-state index is -3.66. The van der Waals surface area contributed by atoms with E-state index < -0.39 is 33.8 Å². The number of imide groups is 1. The number of esters is 1. The van der Waals surface area contributed by atoms with E-state index in [4.69, 9.17) is 4.74 Å². The number of carbonyl (C=O) groups excluding carboxylic acids is 3. The van der Waals surface area contributed by atoms with Crippen LogP contribution in [0.15, 0.2) is 83.8 Å². The normalized spacial score (nSPS) is 14.2. The first-order valence-corrected chi connectivity index (χ1v) is 12.3. The van der Waals surface area contributed by atoms with Crippen LogP contribution >= 0.6 is 0 Å². The largest absolute Gasteiger partial charge is 0.459 e. The fourth-order valence-electron chi connectivity index (χ4n) is 3.87. The Bertz CT molecular complexity index is 1350. The minimum absolute atomic E-state index is 0.0669. The fourth-order valence-corrected chi connectivity index (χ4v) is 4.84. The van der Waals surface area contributed by atoms with Crippen LogP contribution in [0.25, 0.3) is 0 Å². The average Bonchev–Trinajstić information content (AvgIpc) is 3.11. The average molecular weight is 493 g/mol. The molecule has 1 heterocycles. The second-order valence-electron chi connectivity index (χ2n) is 8.27. The van der Waals surface area contributed by atoms with Gasteiger partial charge in [-0.1, -0.05) is 54.6 Å². The van der Waals surface area contributed by atoms with Crippen LogP contribution in [0.1, 0.15) is 31.8 Å². The van der Waals surface area contributed by atoms with E-state index in [2.05, 4.69) is 0 Å². The van der Waals surface area contributed by atoms with Gasteiger partial charge in [0.05, 0.1) is 16.0 Å². The lowest BCUT2D eigenvalue weighted by Crippen LogP contribution is -2.47. The van der Waals surface area contributed by atoms with Crippen LogP contribution < -0.4 is 0 Å². The van der Waals surface area contributed by atoms with Crippen molar-refractivity contribution in [3.8, 4) is 0 Å². The molecule has 0 saturated carbocycles. The number of amides is 2. The fraction of sp³-hybridized carbons (Fsp3) is 0.192. The number of hydrogen-bond acceptors (Lipinski definition) is 6. The highest BCUT2D eigenvalue weighted by atomic mass is 32.2. The zero-order valence-corrected chi connectivity index (χ0v) is 20.1. The van der Waals surface area contributed by atoms with Gasteiger partial charge in [0.25, 0.3) is 11.8 Å². The van der Waals surface area contributed by atoms with E-state index in [0.29, 0.717) is 5.56 Å². The van der Waals surface area contributed by atoms with Gasteiger partial charge >= 0.3 is 5.97 Å². The van der Waals surface area contributed by atoms with Crippen LogP contribution in [-0.4, -0.2) is 55.5 Å². The monoisotopic (exact) mass is 492 g/mol. The Balaban J connectivity index is 1.59. The Morgan fingerprint density at radius 2 is 1.43 bits per heavy atom. The van der Waals surface area contributed by atoms with Gasteiger partial charge in [-0.2, -0.15) is 0 Å². The molecule has 0 fully saturated rings. The molecule has 8 nitrogen and oxygen atoms in total. The van der Waals surface area contributed by atoms with E-state index in [1.54, 1.807) is 60.7 Å². The van der Waals surface area contributed by atoms with Gasteiger partial charge in [0.2, 0.25) is 10.0 Å². The summed E-state index contributed by atoms with van der Waals surface area (Å²) in [5.41, 5.74) is 1.70. The molecule has 0 aromatic heterocycles. The predicted molar refractivity (Wildman–Crippen MR) is 128 cm³/mol. The van der Waals surface area contributed by atoms with Crippen molar-refractivity contribution >= 4 is 27.8 Å². The molecule has 4 rings (SSSR count). The van der Waals surface area contributed by atoms with Gasteiger partial charge in [-0.05, 0) is 35.4 Å². The summed E-state index contributed by atoms with van der Waals surface area (Å²) in [7, 11) is -0.800. The Morgan fingerprint density at radius 1 is 0.857 bits per heavy atom. The Labute approximate surface area is 203 Å². The smallest absolute Gasteiger partial charge is 0.330 e. The maximum absolute atomic E-state index is 13.2. The standard InChI is InChI=1S/C26H24N2O6S/c1-27(2)35(32,33)20-12-8-11-19(15-20)17-34-26(31)23(16-18-9-4-3-5-10-18)28-24(29)21-13-6-7-14-22(21)25(28)30/h3-15,23H,16-17H2,1-2H3/t23-/m1/s1. The molecule has 3 aromatic rings. The minimum Gasteiger partial charge on any atom is -0.459 e. The molecule has 0 aliphatic carbocycles. The molecule has 0 N–H and O–H groups in total. The Morgan fingerprint density at radius 3 is 2.03 bits per heavy atom. The van der Waals surface area contributed by atoms with Gasteiger partial charge in [-0.3, -0.25) is 14.5 Å². The third-order valence-corrected chi connectivity index (χ3v) is 7.55. The summed E-state index contributed by atoms with van der Waals surface area (Å²) in [6.45, 7) is -0.218. The van der Waals surface area contributed by atoms with Crippen molar-refractivity contribution < 1.29 is 27.5 Å². The first-order valence-electron chi connectivity index (χ1n) is 10.9. The molecule has 9 heteroatoms. The van der Waals surface area contributed by atoms with Crippen molar-refractivity contribution in [2.24, 2.45) is 0 Å². The van der Waals surface area contributed by atoms with Crippen molar-refractivity contribution in [2.75, 3.05) is 14.1 Å². The van der Waals surface area contributed by atoms with Gasteiger partial charge in [0.1, 0.15) is 12.6 Å². The maximum Gasteiger partial charge on any atom is 0.330 e. The van der Waals surface area contributed by atoms with Crippen LogP contribution in [0.4, 0.5) is 0 Å². The van der Waals surface area contributed by atoms with Crippen LogP contribution in [0.5, 0.6) is 0 Å². The molecule has 2 amide bonds. The third-order valence-electron chi connectivity index (χ3n) is 5.74. The number of fused-ring (bicyclic) bond motifs is 1. The second kappa shape index (κ2) is 9.81. The highest BCUT2D eigenvalue weighted by molar-refractivity contribution is 7.89. The topological polar surface area (TPSA) is 101 Å². The van der Waals surface area contributed by atoms with Gasteiger partial charge < -0.3 is 4.74 Å². The molecule has 0 bridgehead atoms. The maximum atomic E-state index is 13.2. The van der Waals surface area contributed by atoms with Crippen molar-refractivity contribution in [3.05, 3.63) is 101 Å². The molecule has 3 aromatic carbocycles. The van der Waals surface area contributed by atoms with Crippen molar-refractivity contribution in [1.82, 2.24) is 9.21 Å². The molecular weight excluding hydrogens is 468 g/mol. The summed E-state index contributed by atoms with van der Waals surface area (Å²) >= 11 is 0. The van der Waals surface area contributed by atoms with Crippen LogP contribution in [0, 0.1) is 0 Å². The zero-order valence-electron chi connectivity index (χ0n) is 19.2. The second-order valence-corrected chi connectivity index (χ2v) is 10.4. The highest BCUT2D eigenvalue weighted by Gasteiger charge is 2.43. The SMILES string of the molecule is CN(C)S(=O)(=O)c1cccc(COC(=O)[C@@H](Cc2ccccc2)N2C(=O)c3ccccc3C2=O)c1. The molecule has 1 aliphatic heterocycles. The number of sulfonamides is 1. The number of ether oxygens (including phenoxy) is 1. The van der Waals surface area contributed by atoms with E-state index in [-0.39, 0.29) is 29.1 Å². The summed E-state index contributed by atoms with van der Waals surface area (Å²) in [6.07, 6.45) is 0.0835. The summed E-state index contributed by atoms with van der Waals surface area (Å²) in [4.78, 5) is 40.4. The van der Waals surface area contributed by atoms with Crippen LogP contribution in [0.2, 0.25) is 0 Å². The van der Waals surface area contributed by atoms with E-state index in [1.807, 2.05) is 6.07 Å². The molecule has 0 radical (unpaired) electrons. The summed E-state index contributed by atoms with van der Waals surface area (Å²) in [5.74, 6) is -1.87. The lowest BCUT2D eigenvalue weighted by atomic mass is 10.0.